The lowest BCUT2D eigenvalue weighted by atomic mass is 9.82. The Balaban J connectivity index is 1.92. The molecule has 1 unspecified atom stereocenters. The van der Waals surface area contributed by atoms with Gasteiger partial charge in [-0.05, 0) is 77.2 Å². The van der Waals surface area contributed by atoms with Gasteiger partial charge in [-0.25, -0.2) is 9.59 Å². The number of ketones is 1. The van der Waals surface area contributed by atoms with Gasteiger partial charge in [-0.2, -0.15) is 11.8 Å². The van der Waals surface area contributed by atoms with E-state index in [4.69, 9.17) is 41.0 Å². The summed E-state index contributed by atoms with van der Waals surface area (Å²) in [5.41, 5.74) is 4.74. The van der Waals surface area contributed by atoms with Crippen molar-refractivity contribution >= 4 is 68.6 Å². The van der Waals surface area contributed by atoms with E-state index in [0.29, 0.717) is 48.6 Å². The number of epoxide rings is 1. The third-order valence-electron chi connectivity index (χ3n) is 11.9. The summed E-state index contributed by atoms with van der Waals surface area (Å²) in [5.74, 6) is -0.965. The number of esters is 1. The van der Waals surface area contributed by atoms with Gasteiger partial charge in [0.05, 0.1) is 36.7 Å². The predicted octanol–water partition coefficient (Wildman–Crippen LogP) is 5.46. The lowest BCUT2D eigenvalue weighted by Crippen LogP contribution is -2.48. The van der Waals surface area contributed by atoms with Crippen molar-refractivity contribution in [2.75, 3.05) is 57.2 Å². The number of thioether (sulfide) groups is 1. The predicted molar refractivity (Wildman–Crippen MR) is 249 cm³/mol. The van der Waals surface area contributed by atoms with E-state index in [0.717, 1.165) is 11.1 Å². The Morgan fingerprint density at radius 3 is 2.41 bits per heavy atom. The molecule has 0 spiro atoms. The minimum absolute atomic E-state index is 0.0138. The molecule has 3 rings (SSSR count). The van der Waals surface area contributed by atoms with Crippen LogP contribution >= 0.6 is 23.4 Å². The van der Waals surface area contributed by atoms with Crippen LogP contribution in [0.25, 0.3) is 0 Å². The number of allylic oxidation sites excluding steroid dienone is 3. The standard InChI is InChI=1S/C45H70ClN3O12S2/c1-27-15-13-17-36(58-10)44(5,55)25-35(59-43(47)54)29(3)41-45(6,61-41)37(24-39(52)49(8)33-22-31(21-27)23-34(57-9)40(33)46)60-42(53)30(4)48(7)38(51)19-18-28(2)62-26-32(50)16-14-20-63(11,12)56/h13,15,17,22-23,28-30,35-37,41,55,63H,14,16,18-21,24-26H2,1-12H3,(H2,47,54)/b17-13+,27-15+/t28?,29-,30+,35+,36-,37+,41+,44+,45+/m1/s1. The molecule has 0 radical (unpaired) electrons. The Bertz CT molecular complexity index is 1920. The van der Waals surface area contributed by atoms with Gasteiger partial charge >= 0.3 is 12.1 Å². The molecular weight excluding hydrogens is 874 g/mol. The van der Waals surface area contributed by atoms with E-state index in [1.54, 1.807) is 64.6 Å². The van der Waals surface area contributed by atoms with Crippen molar-refractivity contribution in [1.82, 2.24) is 4.90 Å². The smallest absolute Gasteiger partial charge is 0.404 e. The number of nitrogens with two attached hydrogens (primary N) is 1. The summed E-state index contributed by atoms with van der Waals surface area (Å²) >= 11 is 8.25. The Morgan fingerprint density at radius 1 is 1.14 bits per heavy atom. The second kappa shape index (κ2) is 23.1. The molecule has 1 aromatic carbocycles. The second-order valence-electron chi connectivity index (χ2n) is 17.8. The number of Topliss-reactive ketones (excluding diaryl/α,β-unsaturated/α-hetero) is 1. The number of primary amides is 1. The van der Waals surface area contributed by atoms with Crippen LogP contribution in [0.2, 0.25) is 5.02 Å². The number of hydrogen-bond donors (Lipinski definition) is 3. The fourth-order valence-corrected chi connectivity index (χ4v) is 9.79. The number of thiol groups is 1. The number of carbonyl (C=O) groups excluding carboxylic acids is 5. The molecule has 356 valence electrons. The van der Waals surface area contributed by atoms with Gasteiger partial charge in [0.25, 0.3) is 0 Å². The maximum Gasteiger partial charge on any atom is 0.404 e. The van der Waals surface area contributed by atoms with Gasteiger partial charge in [0, 0.05) is 57.4 Å². The Hall–Kier alpha value is -3.48. The fraction of sp³-hybridized carbons (Fsp3) is 0.667. The molecule has 3 amide bonds. The molecule has 2 aliphatic heterocycles. The highest BCUT2D eigenvalue weighted by atomic mass is 35.5. The van der Waals surface area contributed by atoms with Crippen LogP contribution < -0.4 is 15.4 Å². The molecule has 0 saturated carbocycles. The molecule has 1 saturated heterocycles. The van der Waals surface area contributed by atoms with Gasteiger partial charge < -0.3 is 44.3 Å². The summed E-state index contributed by atoms with van der Waals surface area (Å²) in [4.78, 5) is 69.0. The van der Waals surface area contributed by atoms with E-state index in [9.17, 15) is 33.3 Å². The van der Waals surface area contributed by atoms with Crippen molar-refractivity contribution in [2.45, 2.75) is 133 Å². The summed E-state index contributed by atoms with van der Waals surface area (Å²) < 4.78 is 41.2. The topological polar surface area (TPSA) is 205 Å². The van der Waals surface area contributed by atoms with E-state index in [1.165, 1.54) is 49.8 Å². The van der Waals surface area contributed by atoms with E-state index in [-0.39, 0.29) is 41.2 Å². The van der Waals surface area contributed by atoms with Gasteiger partial charge in [-0.3, -0.25) is 18.6 Å². The van der Waals surface area contributed by atoms with Crippen molar-refractivity contribution in [1.29, 1.82) is 0 Å². The monoisotopic (exact) mass is 943 g/mol. The first-order chi connectivity index (χ1) is 29.2. The van der Waals surface area contributed by atoms with Crippen molar-refractivity contribution in [2.24, 2.45) is 11.7 Å². The number of methoxy groups -OCH3 is 2. The van der Waals surface area contributed by atoms with Crippen LogP contribution in [0.5, 0.6) is 5.75 Å². The van der Waals surface area contributed by atoms with Crippen molar-refractivity contribution in [3.05, 3.63) is 46.5 Å². The number of amides is 3. The summed E-state index contributed by atoms with van der Waals surface area (Å²) in [6, 6.07) is 2.50. The number of carbonyl (C=O) groups is 5. The number of hydrogen-bond acceptors (Lipinski definition) is 13. The van der Waals surface area contributed by atoms with Crippen molar-refractivity contribution in [3.8, 4) is 5.75 Å². The normalized spacial score (nSPS) is 28.3. The van der Waals surface area contributed by atoms with E-state index in [2.05, 4.69) is 0 Å². The van der Waals surface area contributed by atoms with Crippen LogP contribution in [0, 0.1) is 5.92 Å². The van der Waals surface area contributed by atoms with Crippen molar-refractivity contribution in [3.63, 3.8) is 0 Å². The lowest BCUT2D eigenvalue weighted by molar-refractivity contribution is -0.162. The van der Waals surface area contributed by atoms with Gasteiger partial charge in [0.1, 0.15) is 46.5 Å². The molecule has 3 N–H and O–H groups in total. The van der Waals surface area contributed by atoms with Crippen LogP contribution in [0.1, 0.15) is 85.6 Å². The highest BCUT2D eigenvalue weighted by Gasteiger charge is 2.64. The van der Waals surface area contributed by atoms with Crippen LogP contribution in [0.4, 0.5) is 10.5 Å². The molecule has 9 atom stereocenters. The zero-order valence-corrected chi connectivity index (χ0v) is 41.4. The highest BCUT2D eigenvalue weighted by Crippen LogP contribution is 2.49. The Kier molecular flexibility index (Phi) is 19.8. The van der Waals surface area contributed by atoms with Gasteiger partial charge in [-0.15, -0.1) is 9.93 Å². The van der Waals surface area contributed by atoms with Crippen LogP contribution in [-0.4, -0.2) is 143 Å². The number of nitrogens with zero attached hydrogens (tertiary/aromatic N) is 2. The second-order valence-corrected chi connectivity index (χ2v) is 23.2. The molecule has 2 aliphatic rings. The molecule has 1 fully saturated rings. The quantitative estimate of drug-likeness (QED) is 0.107. The summed E-state index contributed by atoms with van der Waals surface area (Å²) in [7, 11) is 3.82. The molecule has 0 aromatic heterocycles. The molecule has 1 aromatic rings. The summed E-state index contributed by atoms with van der Waals surface area (Å²) in [6.45, 7) is 10.4. The van der Waals surface area contributed by atoms with Crippen LogP contribution in [0.3, 0.4) is 0 Å². The molecule has 2 heterocycles. The summed E-state index contributed by atoms with van der Waals surface area (Å²) in [5, 5.41) is 11.9. The first-order valence-corrected chi connectivity index (χ1v) is 25.4. The Morgan fingerprint density at radius 2 is 1.81 bits per heavy atom. The van der Waals surface area contributed by atoms with E-state index < -0.39 is 75.5 Å². The molecule has 15 nitrogen and oxygen atoms in total. The minimum Gasteiger partial charge on any atom is -0.495 e. The zero-order valence-electron chi connectivity index (χ0n) is 38.9. The molecule has 18 heteroatoms. The van der Waals surface area contributed by atoms with E-state index >= 15 is 0 Å². The highest BCUT2D eigenvalue weighted by molar-refractivity contribution is 8.01. The third kappa shape index (κ3) is 15.6. The maximum atomic E-state index is 14.3. The van der Waals surface area contributed by atoms with Gasteiger partial charge in [0.15, 0.2) is 0 Å². The molecule has 0 aliphatic carbocycles. The number of ether oxygens (including phenoxy) is 5. The number of halogens is 1. The first kappa shape index (κ1) is 53.9. The first-order valence-electron chi connectivity index (χ1n) is 21.2. The number of benzene rings is 1. The van der Waals surface area contributed by atoms with Crippen LogP contribution in [-0.2, 0) is 54.5 Å². The average Bonchev–Trinajstić information content (AvgIpc) is 3.90. The van der Waals surface area contributed by atoms with E-state index in [1.807, 2.05) is 19.9 Å². The maximum absolute atomic E-state index is 14.3. The molecular formula is C45H70ClN3O12S2. The van der Waals surface area contributed by atoms with Crippen molar-refractivity contribution < 1.29 is 57.0 Å². The zero-order chi connectivity index (χ0) is 47.6. The number of rotatable bonds is 16. The fourth-order valence-electron chi connectivity index (χ4n) is 7.66. The number of aliphatic hydroxyl groups is 1. The molecule has 2 bridgehead atoms. The Labute approximate surface area is 383 Å². The third-order valence-corrected chi connectivity index (χ3v) is 15.0. The number of anilines is 1. The van der Waals surface area contributed by atoms with Gasteiger partial charge in [0.2, 0.25) is 11.8 Å². The minimum atomic E-state index is -2.17. The molecule has 63 heavy (non-hydrogen) atoms. The number of likely N-dealkylation sites (N-methyl/N-ethyl adjacent to an activating group) is 1. The summed E-state index contributed by atoms with van der Waals surface area (Å²) in [6.07, 6.45) is 5.37. The SMILES string of the molecule is COc1cc2cc(c1Cl)N(C)C(=O)C[C@H](OC(=O)[C@H](C)N(C)C(=O)CCC(C)SCC(=O)CCC[SH](C)(C)=O)[C@]1(C)O[C@H]1[C@H](C)[C@@H](OC(N)=O)C[C@](C)(O)[C@H](OC)/C=C/C=C(\C)C2. The lowest BCUT2D eigenvalue weighted by Gasteiger charge is -2.35. The van der Waals surface area contributed by atoms with Gasteiger partial charge in [-0.1, -0.05) is 49.2 Å². The number of fused-ring (bicyclic) bond motifs is 3. The average molecular weight is 945 g/mol. The van der Waals surface area contributed by atoms with Crippen LogP contribution in [0.15, 0.2) is 35.9 Å². The largest absolute Gasteiger partial charge is 0.495 e.